The summed E-state index contributed by atoms with van der Waals surface area (Å²) in [5.74, 6) is 0. The second kappa shape index (κ2) is 7.50. The highest BCUT2D eigenvalue weighted by Gasteiger charge is 2.17. The molecule has 0 unspecified atom stereocenters. The number of pyridine rings is 1. The van der Waals surface area contributed by atoms with Gasteiger partial charge in [0.25, 0.3) is 0 Å². The van der Waals surface area contributed by atoms with E-state index in [0.717, 1.165) is 11.6 Å². The minimum Gasteiger partial charge on any atom is -0.293 e. The van der Waals surface area contributed by atoms with Crippen LogP contribution in [0.4, 0.5) is 0 Å². The van der Waals surface area contributed by atoms with E-state index >= 15 is 0 Å². The van der Waals surface area contributed by atoms with Gasteiger partial charge in [-0.2, -0.15) is 0 Å². The minimum atomic E-state index is 0.422. The lowest BCUT2D eigenvalue weighted by molar-refractivity contribution is 0.218. The molecule has 4 heteroatoms. The molecule has 0 bridgehead atoms. The van der Waals surface area contributed by atoms with Crippen molar-refractivity contribution in [2.75, 3.05) is 7.05 Å². The van der Waals surface area contributed by atoms with Gasteiger partial charge < -0.3 is 0 Å². The van der Waals surface area contributed by atoms with Gasteiger partial charge in [-0.15, -0.1) is 11.3 Å². The third-order valence-electron chi connectivity index (χ3n) is 3.51. The minimum absolute atomic E-state index is 0.422. The summed E-state index contributed by atoms with van der Waals surface area (Å²) in [5, 5.41) is 3.30. The predicted molar refractivity (Wildman–Crippen MR) is 84.8 cm³/mol. The number of nitrogens with zero attached hydrogens (tertiary/aromatic N) is 3. The second-order valence-corrected chi connectivity index (χ2v) is 6.28. The number of rotatable bonds is 7. The van der Waals surface area contributed by atoms with Crippen molar-refractivity contribution in [3.8, 4) is 0 Å². The van der Waals surface area contributed by atoms with Gasteiger partial charge in [0.05, 0.1) is 10.7 Å². The molecule has 0 aliphatic heterocycles. The summed E-state index contributed by atoms with van der Waals surface area (Å²) < 4.78 is 0. The maximum atomic E-state index is 4.57. The van der Waals surface area contributed by atoms with Crippen molar-refractivity contribution in [1.82, 2.24) is 14.9 Å². The Kier molecular flexibility index (Phi) is 5.68. The van der Waals surface area contributed by atoms with Gasteiger partial charge in [-0.05, 0) is 32.0 Å². The van der Waals surface area contributed by atoms with Crippen molar-refractivity contribution in [3.05, 3.63) is 46.2 Å². The van der Waals surface area contributed by atoms with Crippen LogP contribution in [0.1, 0.15) is 48.5 Å². The monoisotopic (exact) mass is 289 g/mol. The normalized spacial score (nSPS) is 12.8. The summed E-state index contributed by atoms with van der Waals surface area (Å²) in [5.41, 5.74) is 2.47. The molecular weight excluding hydrogens is 266 g/mol. The summed E-state index contributed by atoms with van der Waals surface area (Å²) in [4.78, 5) is 11.2. The van der Waals surface area contributed by atoms with E-state index in [1.807, 2.05) is 18.5 Å². The first-order chi connectivity index (χ1) is 9.70. The Hall–Kier alpha value is -1.26. The summed E-state index contributed by atoms with van der Waals surface area (Å²) in [6.45, 7) is 5.20. The number of hydrogen-bond donors (Lipinski definition) is 0. The first kappa shape index (κ1) is 15.1. The molecule has 0 amide bonds. The van der Waals surface area contributed by atoms with Gasteiger partial charge in [-0.1, -0.05) is 25.8 Å². The van der Waals surface area contributed by atoms with Gasteiger partial charge in [0, 0.05) is 30.4 Å². The molecule has 0 fully saturated rings. The lowest BCUT2D eigenvalue weighted by Crippen LogP contribution is -2.24. The fraction of sp³-hybridized carbons (Fsp3) is 0.500. The van der Waals surface area contributed by atoms with Crippen LogP contribution in [0.5, 0.6) is 0 Å². The Bertz CT molecular complexity index is 509. The molecule has 20 heavy (non-hydrogen) atoms. The molecule has 0 saturated carbocycles. The number of aryl methyl sites for hydroxylation is 1. The molecular formula is C16H23N3S. The summed E-state index contributed by atoms with van der Waals surface area (Å²) >= 11 is 1.72. The first-order valence-electron chi connectivity index (χ1n) is 7.22. The van der Waals surface area contributed by atoms with Crippen LogP contribution < -0.4 is 0 Å². The van der Waals surface area contributed by atoms with Crippen molar-refractivity contribution in [2.24, 2.45) is 0 Å². The van der Waals surface area contributed by atoms with Crippen molar-refractivity contribution < 1.29 is 0 Å². The van der Waals surface area contributed by atoms with Crippen molar-refractivity contribution in [3.63, 3.8) is 0 Å². The summed E-state index contributed by atoms with van der Waals surface area (Å²) in [7, 11) is 2.18. The molecule has 2 rings (SSSR count). The SMILES string of the molecule is CCCC[C@@H](c1cccnc1)N(C)Cc1csc(C)n1. The Morgan fingerprint density at radius 1 is 1.40 bits per heavy atom. The Labute approximate surface area is 125 Å². The van der Waals surface area contributed by atoms with Crippen LogP contribution in [0.25, 0.3) is 0 Å². The van der Waals surface area contributed by atoms with Crippen molar-refractivity contribution in [1.29, 1.82) is 0 Å². The average molecular weight is 289 g/mol. The van der Waals surface area contributed by atoms with E-state index < -0.39 is 0 Å². The van der Waals surface area contributed by atoms with Crippen LogP contribution in [0.2, 0.25) is 0 Å². The van der Waals surface area contributed by atoms with Gasteiger partial charge in [-0.3, -0.25) is 9.88 Å². The van der Waals surface area contributed by atoms with Crippen LogP contribution in [-0.2, 0) is 6.54 Å². The molecule has 0 radical (unpaired) electrons. The lowest BCUT2D eigenvalue weighted by atomic mass is 10.0. The zero-order chi connectivity index (χ0) is 14.4. The molecule has 2 aromatic heterocycles. The zero-order valence-corrected chi connectivity index (χ0v) is 13.4. The fourth-order valence-electron chi connectivity index (χ4n) is 2.46. The molecule has 0 aliphatic carbocycles. The Balaban J connectivity index is 2.09. The zero-order valence-electron chi connectivity index (χ0n) is 12.5. The maximum Gasteiger partial charge on any atom is 0.0897 e. The maximum absolute atomic E-state index is 4.57. The highest BCUT2D eigenvalue weighted by molar-refractivity contribution is 7.09. The van der Waals surface area contributed by atoms with E-state index in [2.05, 4.69) is 47.2 Å². The van der Waals surface area contributed by atoms with E-state index in [0.29, 0.717) is 6.04 Å². The van der Waals surface area contributed by atoms with Crippen molar-refractivity contribution >= 4 is 11.3 Å². The molecule has 0 spiro atoms. The van der Waals surface area contributed by atoms with E-state index in [1.54, 1.807) is 11.3 Å². The molecule has 3 nitrogen and oxygen atoms in total. The standard InChI is InChI=1S/C16H23N3S/c1-4-5-8-16(14-7-6-9-17-10-14)19(3)11-15-12-20-13(2)18-15/h6-7,9-10,12,16H,4-5,8,11H2,1-3H3/t16-/m0/s1. The van der Waals surface area contributed by atoms with Gasteiger partial charge in [0.15, 0.2) is 0 Å². The molecule has 0 saturated heterocycles. The molecule has 108 valence electrons. The highest BCUT2D eigenvalue weighted by atomic mass is 32.1. The van der Waals surface area contributed by atoms with E-state index in [4.69, 9.17) is 0 Å². The van der Waals surface area contributed by atoms with Gasteiger partial charge >= 0.3 is 0 Å². The first-order valence-corrected chi connectivity index (χ1v) is 8.10. The molecule has 2 heterocycles. The van der Waals surface area contributed by atoms with Crippen LogP contribution >= 0.6 is 11.3 Å². The van der Waals surface area contributed by atoms with E-state index in [9.17, 15) is 0 Å². The molecule has 0 aromatic carbocycles. The predicted octanol–water partition coefficient (Wildman–Crippen LogP) is 4.21. The smallest absolute Gasteiger partial charge is 0.0897 e. The Morgan fingerprint density at radius 3 is 2.85 bits per heavy atom. The van der Waals surface area contributed by atoms with Gasteiger partial charge in [0.1, 0.15) is 0 Å². The summed E-state index contributed by atoms with van der Waals surface area (Å²) in [6.07, 6.45) is 7.45. The number of hydrogen-bond acceptors (Lipinski definition) is 4. The van der Waals surface area contributed by atoms with Crippen LogP contribution in [0, 0.1) is 6.92 Å². The van der Waals surface area contributed by atoms with Crippen LogP contribution in [0.15, 0.2) is 29.9 Å². The topological polar surface area (TPSA) is 29.0 Å². The molecule has 2 aromatic rings. The highest BCUT2D eigenvalue weighted by Crippen LogP contribution is 2.26. The molecule has 0 N–H and O–H groups in total. The third-order valence-corrected chi connectivity index (χ3v) is 4.33. The van der Waals surface area contributed by atoms with Gasteiger partial charge in [-0.25, -0.2) is 4.98 Å². The number of aromatic nitrogens is 2. The largest absolute Gasteiger partial charge is 0.293 e. The number of unbranched alkanes of at least 4 members (excludes halogenated alkanes) is 1. The van der Waals surface area contributed by atoms with E-state index in [1.165, 1.54) is 30.5 Å². The van der Waals surface area contributed by atoms with Crippen LogP contribution in [-0.4, -0.2) is 21.9 Å². The quantitative estimate of drug-likeness (QED) is 0.764. The fourth-order valence-corrected chi connectivity index (χ4v) is 3.06. The van der Waals surface area contributed by atoms with Gasteiger partial charge in [0.2, 0.25) is 0 Å². The molecule has 1 atom stereocenters. The second-order valence-electron chi connectivity index (χ2n) is 5.22. The molecule has 0 aliphatic rings. The lowest BCUT2D eigenvalue weighted by Gasteiger charge is -2.27. The average Bonchev–Trinajstić information content (AvgIpc) is 2.86. The third kappa shape index (κ3) is 4.12. The Morgan fingerprint density at radius 2 is 2.25 bits per heavy atom. The van der Waals surface area contributed by atoms with E-state index in [-0.39, 0.29) is 0 Å². The summed E-state index contributed by atoms with van der Waals surface area (Å²) in [6, 6.07) is 4.62. The van der Waals surface area contributed by atoms with Crippen LogP contribution in [0.3, 0.4) is 0 Å². The number of thiazole rings is 1. The van der Waals surface area contributed by atoms with Crippen molar-refractivity contribution in [2.45, 2.75) is 45.7 Å².